The summed E-state index contributed by atoms with van der Waals surface area (Å²) in [4.78, 5) is 4.07. The third kappa shape index (κ3) is 3.56. The van der Waals surface area contributed by atoms with Crippen molar-refractivity contribution < 1.29 is 12.8 Å². The van der Waals surface area contributed by atoms with Gasteiger partial charge in [-0.25, -0.2) is 18.1 Å². The Hall–Kier alpha value is -1.37. The van der Waals surface area contributed by atoms with Crippen molar-refractivity contribution in [1.29, 1.82) is 0 Å². The van der Waals surface area contributed by atoms with Gasteiger partial charge in [-0.1, -0.05) is 23.7 Å². The van der Waals surface area contributed by atoms with Crippen molar-refractivity contribution in [2.45, 2.75) is 18.2 Å². The van der Waals surface area contributed by atoms with E-state index in [4.69, 9.17) is 16.0 Å². The molecule has 0 aliphatic heterocycles. The second-order valence-corrected chi connectivity index (χ2v) is 6.09. The molecule has 0 atom stereocenters. The molecule has 0 fully saturated rings. The SMILES string of the molecule is Cc1cnc(CCNS(=O)(=O)c2ccccc2Cl)o1. The zero-order chi connectivity index (χ0) is 13.9. The fourth-order valence-electron chi connectivity index (χ4n) is 1.55. The summed E-state index contributed by atoms with van der Waals surface area (Å²) >= 11 is 5.86. The fraction of sp³-hybridized carbons (Fsp3) is 0.250. The summed E-state index contributed by atoms with van der Waals surface area (Å²) in [5.41, 5.74) is 0. The number of aryl methyl sites for hydroxylation is 1. The van der Waals surface area contributed by atoms with Crippen molar-refractivity contribution >= 4 is 21.6 Å². The van der Waals surface area contributed by atoms with Crippen molar-refractivity contribution in [1.82, 2.24) is 9.71 Å². The lowest BCUT2D eigenvalue weighted by Gasteiger charge is -2.06. The molecule has 0 spiro atoms. The highest BCUT2D eigenvalue weighted by Gasteiger charge is 2.16. The van der Waals surface area contributed by atoms with Gasteiger partial charge in [-0.3, -0.25) is 0 Å². The smallest absolute Gasteiger partial charge is 0.242 e. The Labute approximate surface area is 116 Å². The molecule has 0 aliphatic rings. The Morgan fingerprint density at radius 3 is 2.74 bits per heavy atom. The number of oxazole rings is 1. The Bertz CT molecular complexity index is 667. The van der Waals surface area contributed by atoms with Gasteiger partial charge in [0.05, 0.1) is 11.2 Å². The largest absolute Gasteiger partial charge is 0.446 e. The summed E-state index contributed by atoms with van der Waals surface area (Å²) in [5, 5.41) is 0.196. The topological polar surface area (TPSA) is 72.2 Å². The van der Waals surface area contributed by atoms with Crippen molar-refractivity contribution in [2.75, 3.05) is 6.54 Å². The Morgan fingerprint density at radius 2 is 2.11 bits per heavy atom. The molecule has 1 aromatic carbocycles. The molecule has 1 aromatic heterocycles. The first-order valence-electron chi connectivity index (χ1n) is 5.64. The quantitative estimate of drug-likeness (QED) is 0.918. The highest BCUT2D eigenvalue weighted by Crippen LogP contribution is 2.19. The second-order valence-electron chi connectivity index (χ2n) is 3.94. The van der Waals surface area contributed by atoms with Crippen LogP contribution in [0.25, 0.3) is 0 Å². The maximum absolute atomic E-state index is 12.0. The molecule has 0 radical (unpaired) electrons. The molecule has 0 unspecified atom stereocenters. The molecule has 2 rings (SSSR count). The molecule has 0 saturated carbocycles. The first-order chi connectivity index (χ1) is 8.99. The van der Waals surface area contributed by atoms with E-state index in [0.29, 0.717) is 18.1 Å². The predicted molar refractivity (Wildman–Crippen MR) is 71.6 cm³/mol. The van der Waals surface area contributed by atoms with Gasteiger partial charge >= 0.3 is 0 Å². The maximum Gasteiger partial charge on any atom is 0.242 e. The number of sulfonamides is 1. The van der Waals surface area contributed by atoms with Crippen molar-refractivity contribution in [2.24, 2.45) is 0 Å². The van der Waals surface area contributed by atoms with Crippen LogP contribution in [0.5, 0.6) is 0 Å². The van der Waals surface area contributed by atoms with Crippen LogP contribution in [-0.2, 0) is 16.4 Å². The second kappa shape index (κ2) is 5.73. The molecule has 2 aromatic rings. The lowest BCUT2D eigenvalue weighted by atomic mass is 10.4. The third-order valence-electron chi connectivity index (χ3n) is 2.43. The van der Waals surface area contributed by atoms with Crippen LogP contribution in [0.15, 0.2) is 39.8 Å². The minimum Gasteiger partial charge on any atom is -0.446 e. The molecule has 0 saturated heterocycles. The first kappa shape index (κ1) is 14.0. The number of nitrogens with one attached hydrogen (secondary N) is 1. The molecular weight excluding hydrogens is 288 g/mol. The van der Waals surface area contributed by atoms with Crippen LogP contribution in [0.3, 0.4) is 0 Å². The van der Waals surface area contributed by atoms with Gasteiger partial charge in [0.15, 0.2) is 5.89 Å². The Kier molecular flexibility index (Phi) is 4.24. The Morgan fingerprint density at radius 1 is 1.37 bits per heavy atom. The van der Waals surface area contributed by atoms with Gasteiger partial charge in [0, 0.05) is 13.0 Å². The van der Waals surface area contributed by atoms with Gasteiger partial charge < -0.3 is 4.42 Å². The molecule has 19 heavy (non-hydrogen) atoms. The summed E-state index contributed by atoms with van der Waals surface area (Å²) in [7, 11) is -3.61. The summed E-state index contributed by atoms with van der Waals surface area (Å²) in [5.74, 6) is 1.20. The molecule has 0 aliphatic carbocycles. The summed E-state index contributed by atoms with van der Waals surface area (Å²) < 4.78 is 31.7. The highest BCUT2D eigenvalue weighted by atomic mass is 35.5. The van der Waals surface area contributed by atoms with E-state index in [1.54, 1.807) is 25.3 Å². The molecule has 5 nitrogen and oxygen atoms in total. The average Bonchev–Trinajstić information content (AvgIpc) is 2.75. The van der Waals surface area contributed by atoms with Gasteiger partial charge in [-0.05, 0) is 19.1 Å². The third-order valence-corrected chi connectivity index (χ3v) is 4.39. The van der Waals surface area contributed by atoms with E-state index in [-0.39, 0.29) is 16.5 Å². The van der Waals surface area contributed by atoms with Gasteiger partial charge in [0.2, 0.25) is 10.0 Å². The molecular formula is C12H13ClN2O3S. The van der Waals surface area contributed by atoms with Gasteiger partial charge in [-0.2, -0.15) is 0 Å². The number of nitrogens with zero attached hydrogens (tertiary/aromatic N) is 1. The number of hydrogen-bond acceptors (Lipinski definition) is 4. The first-order valence-corrected chi connectivity index (χ1v) is 7.50. The number of benzene rings is 1. The summed E-state index contributed by atoms with van der Waals surface area (Å²) in [6.07, 6.45) is 1.98. The van der Waals surface area contributed by atoms with Crippen LogP contribution in [0.2, 0.25) is 5.02 Å². The van der Waals surface area contributed by atoms with Crippen molar-refractivity contribution in [3.63, 3.8) is 0 Å². The van der Waals surface area contributed by atoms with Crippen LogP contribution in [-0.4, -0.2) is 19.9 Å². The lowest BCUT2D eigenvalue weighted by Crippen LogP contribution is -2.26. The van der Waals surface area contributed by atoms with E-state index in [9.17, 15) is 8.42 Å². The number of rotatable bonds is 5. The van der Waals surface area contributed by atoms with E-state index in [0.717, 1.165) is 0 Å². The van der Waals surface area contributed by atoms with Crippen molar-refractivity contribution in [3.8, 4) is 0 Å². The monoisotopic (exact) mass is 300 g/mol. The predicted octanol–water partition coefficient (Wildman–Crippen LogP) is 2.16. The molecule has 1 heterocycles. The average molecular weight is 301 g/mol. The van der Waals surface area contributed by atoms with Crippen LogP contribution >= 0.6 is 11.6 Å². The minimum atomic E-state index is -3.61. The molecule has 102 valence electrons. The zero-order valence-corrected chi connectivity index (χ0v) is 11.8. The highest BCUT2D eigenvalue weighted by molar-refractivity contribution is 7.89. The number of hydrogen-bond donors (Lipinski definition) is 1. The zero-order valence-electron chi connectivity index (χ0n) is 10.3. The van der Waals surface area contributed by atoms with Gasteiger partial charge in [0.1, 0.15) is 10.7 Å². The van der Waals surface area contributed by atoms with E-state index < -0.39 is 10.0 Å². The van der Waals surface area contributed by atoms with Crippen LogP contribution in [0.1, 0.15) is 11.7 Å². The molecule has 0 amide bonds. The minimum absolute atomic E-state index is 0.0697. The Balaban J connectivity index is 2.01. The van der Waals surface area contributed by atoms with Crippen LogP contribution in [0, 0.1) is 6.92 Å². The van der Waals surface area contributed by atoms with E-state index in [2.05, 4.69) is 9.71 Å². The molecule has 1 N–H and O–H groups in total. The molecule has 0 bridgehead atoms. The van der Waals surface area contributed by atoms with Crippen LogP contribution in [0.4, 0.5) is 0 Å². The molecule has 7 heteroatoms. The lowest BCUT2D eigenvalue weighted by molar-refractivity contribution is 0.469. The number of aromatic nitrogens is 1. The maximum atomic E-state index is 12.0. The number of halogens is 1. The van der Waals surface area contributed by atoms with E-state index >= 15 is 0 Å². The fourth-order valence-corrected chi connectivity index (χ4v) is 3.10. The van der Waals surface area contributed by atoms with E-state index in [1.807, 2.05) is 0 Å². The van der Waals surface area contributed by atoms with Crippen molar-refractivity contribution in [3.05, 3.63) is 47.1 Å². The standard InChI is InChI=1S/C12H13ClN2O3S/c1-9-8-14-12(18-9)6-7-15-19(16,17)11-5-3-2-4-10(11)13/h2-5,8,15H,6-7H2,1H3. The summed E-state index contributed by atoms with van der Waals surface area (Å²) in [6, 6.07) is 6.29. The summed E-state index contributed by atoms with van der Waals surface area (Å²) in [6.45, 7) is 1.98. The van der Waals surface area contributed by atoms with Gasteiger partial charge in [0.25, 0.3) is 0 Å². The van der Waals surface area contributed by atoms with Crippen LogP contribution < -0.4 is 4.72 Å². The van der Waals surface area contributed by atoms with Gasteiger partial charge in [-0.15, -0.1) is 0 Å². The normalized spacial score (nSPS) is 11.7. The van der Waals surface area contributed by atoms with E-state index in [1.165, 1.54) is 12.1 Å².